The minimum absolute atomic E-state index is 0. The molecule has 0 spiro atoms. The number of rotatable bonds is 0. The third-order valence-electron chi connectivity index (χ3n) is 0.586. The van der Waals surface area contributed by atoms with E-state index >= 15 is 0 Å². The first-order chi connectivity index (χ1) is 8.50. The van der Waals surface area contributed by atoms with Crippen LogP contribution < -0.4 is 0 Å². The molecule has 7 heteroatoms. The summed E-state index contributed by atoms with van der Waals surface area (Å²) in [5, 5.41) is 0. The van der Waals surface area contributed by atoms with Crippen LogP contribution in [0.25, 0.3) is 0 Å². The van der Waals surface area contributed by atoms with Gasteiger partial charge in [0.1, 0.15) is 40.7 Å². The van der Waals surface area contributed by atoms with Crippen LogP contribution in [0.5, 0.6) is 0 Å². The van der Waals surface area contributed by atoms with E-state index in [-0.39, 0.29) is 19.5 Å². The molecule has 0 aromatic carbocycles. The van der Waals surface area contributed by atoms with E-state index in [2.05, 4.69) is 12.2 Å². The second kappa shape index (κ2) is 309. The number of hydrogen-bond donors (Lipinski definition) is 0. The predicted molar refractivity (Wildman–Crippen MR) is 64.3 cm³/mol. The number of carbonyl (C=O) groups excluding carboxylic acids is 6. The molecule has 18 heavy (non-hydrogen) atoms. The molecule has 0 bridgehead atoms. The fourth-order valence-corrected chi connectivity index (χ4v) is 0.340. The maximum atomic E-state index is 8.00. The Bertz CT molecular complexity index is 127. The fourth-order valence-electron chi connectivity index (χ4n) is 0.340. The van der Waals surface area contributed by atoms with Crippen molar-refractivity contribution in [3.63, 3.8) is 0 Å². The third kappa shape index (κ3) is 249. The first-order valence-corrected chi connectivity index (χ1v) is 3.45. The van der Waals surface area contributed by atoms with E-state index < -0.39 is 0 Å². The minimum Gasteiger partial charge on any atom is -0.307 e. The van der Waals surface area contributed by atoms with E-state index in [0.29, 0.717) is 0 Å². The smallest absolute Gasteiger partial charge is 0.307 e. The van der Waals surface area contributed by atoms with Crippen molar-refractivity contribution in [2.75, 3.05) is 0 Å². The van der Waals surface area contributed by atoms with Gasteiger partial charge in [0, 0.05) is 0 Å². The van der Waals surface area contributed by atoms with Crippen LogP contribution in [0.1, 0.15) is 6.42 Å². The average molecular weight is 346 g/mol. The van der Waals surface area contributed by atoms with E-state index in [4.69, 9.17) is 28.8 Å². The molecule has 1 aliphatic carbocycles. The summed E-state index contributed by atoms with van der Waals surface area (Å²) in [6.45, 7) is 12.0. The van der Waals surface area contributed by atoms with Crippen molar-refractivity contribution in [1.82, 2.24) is 0 Å². The zero-order valence-corrected chi connectivity index (χ0v) is 11.7. The molecule has 0 atom stereocenters. The summed E-state index contributed by atoms with van der Waals surface area (Å²) in [5.74, 6) is 0. The molecule has 0 heterocycles. The van der Waals surface area contributed by atoms with E-state index in [1.807, 2.05) is 52.9 Å². The second-order valence-electron chi connectivity index (χ2n) is 1.00. The molecule has 0 fully saturated rings. The zero-order chi connectivity index (χ0) is 15.5. The Balaban J connectivity index is -0.0000000167. The van der Waals surface area contributed by atoms with Crippen molar-refractivity contribution in [3.05, 3.63) is 24.3 Å². The monoisotopic (exact) mass is 347 g/mol. The van der Waals surface area contributed by atoms with E-state index in [0.717, 1.165) is 6.42 Å². The van der Waals surface area contributed by atoms with Crippen molar-refractivity contribution in [2.24, 2.45) is 0 Å². The second-order valence-corrected chi connectivity index (χ2v) is 1.00. The van der Waals surface area contributed by atoms with E-state index in [1.165, 1.54) is 0 Å². The van der Waals surface area contributed by atoms with Crippen molar-refractivity contribution in [1.29, 1.82) is 0 Å². The van der Waals surface area contributed by atoms with Gasteiger partial charge in [-0.1, -0.05) is 0 Å². The van der Waals surface area contributed by atoms with Gasteiger partial charge >= 0.3 is 19.5 Å². The van der Waals surface area contributed by atoms with Gasteiger partial charge in [0.05, 0.1) is 0 Å². The summed E-state index contributed by atoms with van der Waals surface area (Å²) in [6, 6.07) is 0. The number of hydrogen-bond acceptors (Lipinski definition) is 6. The predicted octanol–water partition coefficient (Wildman–Crippen LogP) is 0.194. The quantitative estimate of drug-likeness (QED) is 0.458. The molecule has 0 aromatic rings. The standard InChI is InChI=1S/C5H5.6CH2O.Ru/c1-2-4-5-3-1;6*1-2;/h1-3H,4H2;6*1H2;/q-1;;;;;;;+1. The van der Waals surface area contributed by atoms with Crippen LogP contribution >= 0.6 is 0 Å². The van der Waals surface area contributed by atoms with Crippen molar-refractivity contribution in [2.45, 2.75) is 6.42 Å². The van der Waals surface area contributed by atoms with Gasteiger partial charge in [-0.3, -0.25) is 6.08 Å². The Labute approximate surface area is 120 Å². The normalized spacial score (nSPS) is 6.22. The molecule has 1 radical (unpaired) electrons. The third-order valence-corrected chi connectivity index (χ3v) is 0.586. The Hall–Kier alpha value is -1.88. The molecule has 0 aliphatic heterocycles. The molecule has 0 unspecified atom stereocenters. The van der Waals surface area contributed by atoms with Crippen molar-refractivity contribution < 1.29 is 48.2 Å². The summed E-state index contributed by atoms with van der Waals surface area (Å²) < 4.78 is 0. The molecular weight excluding hydrogens is 329 g/mol. The van der Waals surface area contributed by atoms with Crippen LogP contribution in [0.2, 0.25) is 0 Å². The van der Waals surface area contributed by atoms with Gasteiger partial charge in [-0.25, -0.2) is 12.2 Å². The Morgan fingerprint density at radius 3 is 1.00 bits per heavy atom. The molecule has 0 amide bonds. The molecule has 1 rings (SSSR count). The number of allylic oxidation sites excluding steroid dienone is 4. The Morgan fingerprint density at radius 1 is 0.667 bits per heavy atom. The van der Waals surface area contributed by atoms with Gasteiger partial charge in [0.25, 0.3) is 0 Å². The van der Waals surface area contributed by atoms with Crippen LogP contribution in [0, 0.1) is 6.08 Å². The van der Waals surface area contributed by atoms with Gasteiger partial charge in [-0.05, 0) is 0 Å². The molecule has 0 saturated carbocycles. The molecule has 105 valence electrons. The van der Waals surface area contributed by atoms with Gasteiger partial charge in [-0.2, -0.15) is 6.08 Å². The molecule has 0 aromatic heterocycles. The first-order valence-electron chi connectivity index (χ1n) is 3.45. The van der Waals surface area contributed by atoms with Crippen LogP contribution in [-0.4, -0.2) is 40.7 Å². The molecular formula is C11H17O6Ru. The fraction of sp³-hybridized carbons (Fsp3) is 0.0909. The Morgan fingerprint density at radius 2 is 0.944 bits per heavy atom. The van der Waals surface area contributed by atoms with Crippen molar-refractivity contribution >= 4 is 40.7 Å². The van der Waals surface area contributed by atoms with Crippen LogP contribution in [-0.2, 0) is 48.2 Å². The largest absolute Gasteiger partial charge is 1.00 e. The summed E-state index contributed by atoms with van der Waals surface area (Å²) in [6.07, 6.45) is 10.0. The van der Waals surface area contributed by atoms with E-state index in [9.17, 15) is 0 Å². The number of carbonyl (C=O) groups is 6. The van der Waals surface area contributed by atoms with Gasteiger partial charge in [0.2, 0.25) is 0 Å². The van der Waals surface area contributed by atoms with Crippen molar-refractivity contribution in [3.8, 4) is 0 Å². The molecule has 0 saturated heterocycles. The summed E-state index contributed by atoms with van der Waals surface area (Å²) in [4.78, 5) is 48.0. The topological polar surface area (TPSA) is 102 Å². The first kappa shape index (κ1) is 44.3. The zero-order valence-electron chi connectivity index (χ0n) is 9.98. The average Bonchev–Trinajstić information content (AvgIpc) is 3.10. The maximum absolute atomic E-state index is 8.00. The van der Waals surface area contributed by atoms with Crippen LogP contribution in [0.15, 0.2) is 18.2 Å². The maximum Gasteiger partial charge on any atom is 1.00 e. The summed E-state index contributed by atoms with van der Waals surface area (Å²) in [7, 11) is 0. The summed E-state index contributed by atoms with van der Waals surface area (Å²) >= 11 is 0. The molecule has 6 nitrogen and oxygen atoms in total. The van der Waals surface area contributed by atoms with Gasteiger partial charge < -0.3 is 28.8 Å². The van der Waals surface area contributed by atoms with Crippen LogP contribution in [0.4, 0.5) is 0 Å². The molecule has 0 N–H and O–H groups in total. The molecule has 1 aliphatic rings. The van der Waals surface area contributed by atoms with Gasteiger partial charge in [-0.15, -0.1) is 6.42 Å². The SMILES string of the molecule is C=O.C=O.C=O.C=O.C=O.C=O.[C-]1=CC=CC1.[Ru+]. The summed E-state index contributed by atoms with van der Waals surface area (Å²) in [5.41, 5.74) is 0. The van der Waals surface area contributed by atoms with Gasteiger partial charge in [0.15, 0.2) is 0 Å². The van der Waals surface area contributed by atoms with E-state index in [1.54, 1.807) is 0 Å². The minimum atomic E-state index is 0. The Kier molecular flexibility index (Phi) is 761. The van der Waals surface area contributed by atoms with Crippen LogP contribution in [0.3, 0.4) is 0 Å².